The molecule has 1 aliphatic rings. The standard InChI is InChI=1S/C17H26ClNO/c1-5-6-7-8-19-15-11-17(3,4)20-16-9-12(2)14(18)10-13(15)16/h9-10,15,19H,5-8,11H2,1-4H3. The molecule has 1 atom stereocenters. The van der Waals surface area contributed by atoms with Crippen LogP contribution in [0, 0.1) is 6.92 Å². The summed E-state index contributed by atoms with van der Waals surface area (Å²) in [7, 11) is 0. The molecule has 2 nitrogen and oxygen atoms in total. The lowest BCUT2D eigenvalue weighted by Crippen LogP contribution is -2.39. The van der Waals surface area contributed by atoms with E-state index in [2.05, 4.69) is 38.2 Å². The van der Waals surface area contributed by atoms with Gasteiger partial charge in [-0.05, 0) is 51.4 Å². The predicted octanol–water partition coefficient (Wildman–Crippen LogP) is 5.03. The number of unbranched alkanes of at least 4 members (excludes halogenated alkanes) is 2. The molecule has 0 radical (unpaired) electrons. The van der Waals surface area contributed by atoms with Gasteiger partial charge in [0, 0.05) is 23.0 Å². The largest absolute Gasteiger partial charge is 0.487 e. The first-order valence-corrected chi connectivity index (χ1v) is 8.03. The maximum Gasteiger partial charge on any atom is 0.125 e. The lowest BCUT2D eigenvalue weighted by Gasteiger charge is -2.38. The first kappa shape index (κ1) is 15.7. The molecule has 0 amide bonds. The van der Waals surface area contributed by atoms with Gasteiger partial charge in [-0.25, -0.2) is 0 Å². The average molecular weight is 296 g/mol. The number of hydrogen-bond donors (Lipinski definition) is 1. The monoisotopic (exact) mass is 295 g/mol. The molecule has 1 heterocycles. The fraction of sp³-hybridized carbons (Fsp3) is 0.647. The van der Waals surface area contributed by atoms with Gasteiger partial charge < -0.3 is 10.1 Å². The Morgan fingerprint density at radius 3 is 2.80 bits per heavy atom. The molecule has 20 heavy (non-hydrogen) atoms. The summed E-state index contributed by atoms with van der Waals surface area (Å²) in [4.78, 5) is 0. The number of halogens is 1. The van der Waals surface area contributed by atoms with Crippen molar-refractivity contribution >= 4 is 11.6 Å². The van der Waals surface area contributed by atoms with Gasteiger partial charge in [0.05, 0.1) is 0 Å². The second-order valence-corrected chi connectivity index (χ2v) is 6.83. The summed E-state index contributed by atoms with van der Waals surface area (Å²) in [5, 5.41) is 4.50. The number of nitrogens with one attached hydrogen (secondary N) is 1. The lowest BCUT2D eigenvalue weighted by atomic mass is 9.89. The Labute approximate surface area is 127 Å². The van der Waals surface area contributed by atoms with Crippen molar-refractivity contribution in [1.82, 2.24) is 5.32 Å². The minimum absolute atomic E-state index is 0.129. The molecule has 1 aromatic carbocycles. The van der Waals surface area contributed by atoms with Crippen LogP contribution in [0.1, 0.15) is 63.6 Å². The zero-order valence-corrected chi connectivity index (χ0v) is 13.8. The number of aryl methyl sites for hydroxylation is 1. The Balaban J connectivity index is 2.18. The quantitative estimate of drug-likeness (QED) is 0.769. The van der Waals surface area contributed by atoms with Gasteiger partial charge >= 0.3 is 0 Å². The third kappa shape index (κ3) is 3.67. The van der Waals surface area contributed by atoms with E-state index in [1.54, 1.807) is 0 Å². The van der Waals surface area contributed by atoms with Crippen LogP contribution in [-0.4, -0.2) is 12.1 Å². The van der Waals surface area contributed by atoms with Gasteiger partial charge in [0.1, 0.15) is 11.4 Å². The minimum atomic E-state index is -0.129. The van der Waals surface area contributed by atoms with Gasteiger partial charge in [-0.15, -0.1) is 0 Å². The number of benzene rings is 1. The van der Waals surface area contributed by atoms with Crippen molar-refractivity contribution < 1.29 is 4.74 Å². The molecule has 1 unspecified atom stereocenters. The second-order valence-electron chi connectivity index (χ2n) is 6.42. The lowest BCUT2D eigenvalue weighted by molar-refractivity contribution is 0.0660. The molecule has 1 N–H and O–H groups in total. The number of ether oxygens (including phenoxy) is 1. The molecule has 0 aliphatic carbocycles. The van der Waals surface area contributed by atoms with E-state index >= 15 is 0 Å². The van der Waals surface area contributed by atoms with Crippen LogP contribution in [0.5, 0.6) is 5.75 Å². The van der Waals surface area contributed by atoms with Crippen LogP contribution >= 0.6 is 11.6 Å². The van der Waals surface area contributed by atoms with Gasteiger partial charge in [-0.1, -0.05) is 31.4 Å². The van der Waals surface area contributed by atoms with E-state index in [1.807, 2.05) is 6.92 Å². The van der Waals surface area contributed by atoms with Crippen LogP contribution in [0.25, 0.3) is 0 Å². The van der Waals surface area contributed by atoms with Crippen molar-refractivity contribution in [3.8, 4) is 5.75 Å². The van der Waals surface area contributed by atoms with Crippen LogP contribution in [0.4, 0.5) is 0 Å². The molecule has 0 bridgehead atoms. The Hall–Kier alpha value is -0.730. The molecule has 0 fully saturated rings. The third-order valence-corrected chi connectivity index (χ3v) is 4.33. The van der Waals surface area contributed by atoms with Crippen molar-refractivity contribution in [2.45, 2.75) is 65.0 Å². The SMILES string of the molecule is CCCCCNC1CC(C)(C)Oc2cc(C)c(Cl)cc21. The highest BCUT2D eigenvalue weighted by Crippen LogP contribution is 2.41. The highest BCUT2D eigenvalue weighted by Gasteiger charge is 2.33. The molecular formula is C17H26ClNO. The van der Waals surface area contributed by atoms with E-state index in [0.717, 1.165) is 29.3 Å². The van der Waals surface area contributed by atoms with E-state index in [1.165, 1.54) is 24.8 Å². The van der Waals surface area contributed by atoms with Gasteiger partial charge in [0.15, 0.2) is 0 Å². The predicted molar refractivity (Wildman–Crippen MR) is 85.8 cm³/mol. The molecule has 0 saturated heterocycles. The first-order valence-electron chi connectivity index (χ1n) is 7.65. The Morgan fingerprint density at radius 1 is 1.35 bits per heavy atom. The van der Waals surface area contributed by atoms with Crippen molar-refractivity contribution in [1.29, 1.82) is 0 Å². The number of rotatable bonds is 5. The fourth-order valence-electron chi connectivity index (χ4n) is 2.81. The summed E-state index contributed by atoms with van der Waals surface area (Å²) in [5.41, 5.74) is 2.15. The second kappa shape index (κ2) is 6.36. The third-order valence-electron chi connectivity index (χ3n) is 3.92. The van der Waals surface area contributed by atoms with Crippen LogP contribution in [0.3, 0.4) is 0 Å². The zero-order valence-electron chi connectivity index (χ0n) is 13.1. The Morgan fingerprint density at radius 2 is 2.10 bits per heavy atom. The van der Waals surface area contributed by atoms with Gasteiger partial charge in [-0.3, -0.25) is 0 Å². The molecule has 0 aromatic heterocycles. The van der Waals surface area contributed by atoms with E-state index < -0.39 is 0 Å². The minimum Gasteiger partial charge on any atom is -0.487 e. The van der Waals surface area contributed by atoms with E-state index in [9.17, 15) is 0 Å². The van der Waals surface area contributed by atoms with Crippen molar-refractivity contribution in [2.24, 2.45) is 0 Å². The Bertz CT molecular complexity index is 470. The molecule has 0 saturated carbocycles. The Kier molecular flexibility index (Phi) is 4.98. The molecule has 1 aliphatic heterocycles. The first-order chi connectivity index (χ1) is 9.43. The fourth-order valence-corrected chi connectivity index (χ4v) is 2.98. The van der Waals surface area contributed by atoms with Crippen molar-refractivity contribution in [2.75, 3.05) is 6.54 Å². The summed E-state index contributed by atoms with van der Waals surface area (Å²) >= 11 is 6.28. The van der Waals surface area contributed by atoms with Gasteiger partial charge in [0.25, 0.3) is 0 Å². The average Bonchev–Trinajstić information content (AvgIpc) is 2.36. The summed E-state index contributed by atoms with van der Waals surface area (Å²) in [6.07, 6.45) is 4.73. The zero-order chi connectivity index (χ0) is 14.8. The molecular weight excluding hydrogens is 270 g/mol. The van der Waals surface area contributed by atoms with E-state index in [4.69, 9.17) is 16.3 Å². The van der Waals surface area contributed by atoms with Crippen LogP contribution in [0.15, 0.2) is 12.1 Å². The normalized spacial score (nSPS) is 20.4. The van der Waals surface area contributed by atoms with E-state index in [-0.39, 0.29) is 5.60 Å². The topological polar surface area (TPSA) is 21.3 Å². The van der Waals surface area contributed by atoms with Crippen LogP contribution in [-0.2, 0) is 0 Å². The molecule has 2 rings (SSSR count). The smallest absolute Gasteiger partial charge is 0.125 e. The van der Waals surface area contributed by atoms with Gasteiger partial charge in [-0.2, -0.15) is 0 Å². The molecule has 3 heteroatoms. The summed E-state index contributed by atoms with van der Waals surface area (Å²) in [5.74, 6) is 0.983. The summed E-state index contributed by atoms with van der Waals surface area (Å²) < 4.78 is 6.11. The number of hydrogen-bond acceptors (Lipinski definition) is 2. The van der Waals surface area contributed by atoms with Gasteiger partial charge in [0.2, 0.25) is 0 Å². The summed E-state index contributed by atoms with van der Waals surface area (Å²) in [6, 6.07) is 4.47. The molecule has 0 spiro atoms. The van der Waals surface area contributed by atoms with Crippen molar-refractivity contribution in [3.63, 3.8) is 0 Å². The number of fused-ring (bicyclic) bond motifs is 1. The van der Waals surface area contributed by atoms with Crippen molar-refractivity contribution in [3.05, 3.63) is 28.3 Å². The highest BCUT2D eigenvalue weighted by molar-refractivity contribution is 6.31. The van der Waals surface area contributed by atoms with Crippen LogP contribution < -0.4 is 10.1 Å². The highest BCUT2D eigenvalue weighted by atomic mass is 35.5. The maximum atomic E-state index is 6.28. The molecule has 1 aromatic rings. The maximum absolute atomic E-state index is 6.28. The molecule has 112 valence electrons. The van der Waals surface area contributed by atoms with E-state index in [0.29, 0.717) is 6.04 Å². The van der Waals surface area contributed by atoms with Crippen LogP contribution in [0.2, 0.25) is 5.02 Å². The summed E-state index contributed by atoms with van der Waals surface area (Å²) in [6.45, 7) is 9.62.